The molecule has 3 aromatic carbocycles. The Bertz CT molecular complexity index is 2090. The highest BCUT2D eigenvalue weighted by atomic mass is 16.5. The van der Waals surface area contributed by atoms with Crippen LogP contribution in [0.25, 0.3) is 44.2 Å². The van der Waals surface area contributed by atoms with Crippen molar-refractivity contribution >= 4 is 45.9 Å². The van der Waals surface area contributed by atoms with Gasteiger partial charge in [0.2, 0.25) is 11.8 Å². The van der Waals surface area contributed by atoms with Crippen LogP contribution in [0.2, 0.25) is 0 Å². The molecule has 0 radical (unpaired) electrons. The molecule has 4 N–H and O–H groups in total. The quantitative estimate of drug-likeness (QED) is 0.115. The lowest BCUT2D eigenvalue weighted by Gasteiger charge is -2.30. The highest BCUT2D eigenvalue weighted by Gasteiger charge is 2.38. The Hall–Kier alpha value is -5.85. The number of likely N-dealkylation sites (tertiary alicyclic amines) is 2. The van der Waals surface area contributed by atoms with E-state index in [1.165, 1.54) is 14.2 Å². The molecule has 4 heterocycles. The number of methoxy groups -OCH3 is 2. The second-order valence-electron chi connectivity index (χ2n) is 15.6. The Morgan fingerprint density at radius 3 is 1.75 bits per heavy atom. The molecule has 2 saturated heterocycles. The van der Waals surface area contributed by atoms with E-state index >= 15 is 0 Å². The summed E-state index contributed by atoms with van der Waals surface area (Å²) in [5, 5.41) is 6.50. The zero-order chi connectivity index (χ0) is 39.7. The van der Waals surface area contributed by atoms with Gasteiger partial charge in [-0.15, -0.1) is 0 Å². The molecule has 7 rings (SSSR count). The molecule has 0 saturated carbocycles. The standard InChI is InChI=1S/C43H51N7O6/c1-24(2)37(47-42(53)55-5)40(51)49-19-7-9-35(49)34-23-30-21-28(15-17-31(30)44-34)26-11-13-27(14-12-26)29-16-18-32-33(22-29)46-39(45-32)36-10-8-20-50(36)41(52)38(25(3)4)48-43(54)56-6/h11-18,21-25,35-38,44H,7-10,19-20H2,1-6H3,(H,45,46)(H,47,53)(H,48,54)/t35?,36-,37-,38-/m0/s1. The summed E-state index contributed by atoms with van der Waals surface area (Å²) >= 11 is 0. The van der Waals surface area contributed by atoms with Crippen LogP contribution in [0.15, 0.2) is 66.7 Å². The average Bonchev–Trinajstić information content (AvgIpc) is 4.03. The topological polar surface area (TPSA) is 162 Å². The molecule has 2 aromatic heterocycles. The monoisotopic (exact) mass is 761 g/mol. The van der Waals surface area contributed by atoms with Crippen molar-refractivity contribution in [3.63, 3.8) is 0 Å². The first-order chi connectivity index (χ1) is 26.9. The molecule has 13 heteroatoms. The number of hydrogen-bond acceptors (Lipinski definition) is 7. The van der Waals surface area contributed by atoms with Gasteiger partial charge in [-0.3, -0.25) is 9.59 Å². The average molecular weight is 762 g/mol. The number of ether oxygens (including phenoxy) is 2. The second kappa shape index (κ2) is 16.1. The summed E-state index contributed by atoms with van der Waals surface area (Å²) in [6.07, 6.45) is 2.13. The van der Waals surface area contributed by atoms with Gasteiger partial charge in [0.25, 0.3) is 0 Å². The normalized spacial score (nSPS) is 18.1. The summed E-state index contributed by atoms with van der Waals surface area (Å²) in [5.74, 6) is 0.313. The van der Waals surface area contributed by atoms with Gasteiger partial charge in [-0.1, -0.05) is 64.1 Å². The number of nitrogens with one attached hydrogen (secondary N) is 4. The highest BCUT2D eigenvalue weighted by molar-refractivity contribution is 5.89. The number of aromatic nitrogens is 3. The number of fused-ring (bicyclic) bond motifs is 2. The van der Waals surface area contributed by atoms with Crippen molar-refractivity contribution in [1.82, 2.24) is 35.4 Å². The van der Waals surface area contributed by atoms with Gasteiger partial charge in [-0.05, 0) is 90.1 Å². The number of carbonyl (C=O) groups excluding carboxylic acids is 4. The van der Waals surface area contributed by atoms with Gasteiger partial charge < -0.3 is 39.9 Å². The first-order valence-electron chi connectivity index (χ1n) is 19.5. The van der Waals surface area contributed by atoms with Crippen molar-refractivity contribution in [2.75, 3.05) is 27.3 Å². The highest BCUT2D eigenvalue weighted by Crippen LogP contribution is 2.37. The molecule has 2 fully saturated rings. The molecule has 294 valence electrons. The van der Waals surface area contributed by atoms with Crippen LogP contribution in [-0.4, -0.2) is 88.1 Å². The maximum atomic E-state index is 13.6. The number of amides is 4. The summed E-state index contributed by atoms with van der Waals surface area (Å²) in [5.41, 5.74) is 7.99. The van der Waals surface area contributed by atoms with Crippen molar-refractivity contribution in [1.29, 1.82) is 0 Å². The molecule has 0 aliphatic carbocycles. The van der Waals surface area contributed by atoms with E-state index in [4.69, 9.17) is 14.5 Å². The summed E-state index contributed by atoms with van der Waals surface area (Å²) in [6, 6.07) is 21.5. The number of aromatic amines is 2. The Morgan fingerprint density at radius 2 is 1.18 bits per heavy atom. The third kappa shape index (κ3) is 7.67. The number of nitrogens with zero attached hydrogens (tertiary/aromatic N) is 3. The van der Waals surface area contributed by atoms with E-state index in [-0.39, 0.29) is 35.7 Å². The van der Waals surface area contributed by atoms with E-state index in [0.717, 1.165) is 81.4 Å². The van der Waals surface area contributed by atoms with E-state index in [1.807, 2.05) is 43.6 Å². The summed E-state index contributed by atoms with van der Waals surface area (Å²) in [7, 11) is 2.60. The molecule has 56 heavy (non-hydrogen) atoms. The number of H-pyrrole nitrogens is 2. The van der Waals surface area contributed by atoms with Crippen LogP contribution in [0.3, 0.4) is 0 Å². The van der Waals surface area contributed by atoms with Gasteiger partial charge in [-0.2, -0.15) is 0 Å². The lowest BCUT2D eigenvalue weighted by Crippen LogP contribution is -2.51. The van der Waals surface area contributed by atoms with Crippen molar-refractivity contribution in [2.45, 2.75) is 77.5 Å². The molecular formula is C43H51N7O6. The number of imidazole rings is 1. The van der Waals surface area contributed by atoms with Gasteiger partial charge >= 0.3 is 12.2 Å². The minimum atomic E-state index is -0.689. The van der Waals surface area contributed by atoms with Crippen molar-refractivity contribution in [3.8, 4) is 22.3 Å². The first-order valence-corrected chi connectivity index (χ1v) is 19.5. The maximum absolute atomic E-state index is 13.6. The fourth-order valence-corrected chi connectivity index (χ4v) is 8.16. The van der Waals surface area contributed by atoms with E-state index in [2.05, 4.69) is 81.3 Å². The Balaban J connectivity index is 1.06. The van der Waals surface area contributed by atoms with Crippen LogP contribution in [-0.2, 0) is 19.1 Å². The summed E-state index contributed by atoms with van der Waals surface area (Å²) in [6.45, 7) is 8.88. The van der Waals surface area contributed by atoms with Crippen LogP contribution in [0.4, 0.5) is 9.59 Å². The van der Waals surface area contributed by atoms with Crippen molar-refractivity contribution < 1.29 is 28.7 Å². The molecule has 0 spiro atoms. The molecular weight excluding hydrogens is 711 g/mol. The number of carbonyl (C=O) groups is 4. The number of hydrogen-bond donors (Lipinski definition) is 4. The SMILES string of the molecule is COC(=O)N[C@H](C(=O)N1CCCC1c1cc2cc(-c3ccc(-c4ccc5nc([C@@H]6CCCN6C(=O)[C@@H](NC(=O)OC)C(C)C)[nH]c5c4)cc3)ccc2[nH]1)C(C)C. The fourth-order valence-electron chi connectivity index (χ4n) is 8.16. The van der Waals surface area contributed by atoms with Gasteiger partial charge in [-0.25, -0.2) is 14.6 Å². The van der Waals surface area contributed by atoms with E-state index in [0.29, 0.717) is 13.1 Å². The minimum Gasteiger partial charge on any atom is -0.453 e. The third-order valence-electron chi connectivity index (χ3n) is 11.2. The molecule has 2 aliphatic rings. The number of rotatable bonds is 10. The smallest absolute Gasteiger partial charge is 0.407 e. The third-order valence-corrected chi connectivity index (χ3v) is 11.2. The predicted molar refractivity (Wildman–Crippen MR) is 215 cm³/mol. The summed E-state index contributed by atoms with van der Waals surface area (Å²) < 4.78 is 9.55. The van der Waals surface area contributed by atoms with E-state index in [1.54, 1.807) is 0 Å². The van der Waals surface area contributed by atoms with Gasteiger partial charge in [0.15, 0.2) is 0 Å². The maximum Gasteiger partial charge on any atom is 0.407 e. The lowest BCUT2D eigenvalue weighted by molar-refractivity contribution is -0.136. The molecule has 2 aliphatic heterocycles. The molecule has 5 aromatic rings. The molecule has 1 unspecified atom stereocenters. The number of alkyl carbamates (subject to hydrolysis) is 2. The Kier molecular flexibility index (Phi) is 11.0. The van der Waals surface area contributed by atoms with Crippen LogP contribution in [0.1, 0.15) is 77.0 Å². The zero-order valence-corrected chi connectivity index (χ0v) is 32.8. The molecule has 0 bridgehead atoms. The van der Waals surface area contributed by atoms with E-state index in [9.17, 15) is 19.2 Å². The number of benzene rings is 3. The van der Waals surface area contributed by atoms with E-state index < -0.39 is 24.3 Å². The Labute approximate surface area is 326 Å². The first kappa shape index (κ1) is 38.4. The molecule has 13 nitrogen and oxygen atoms in total. The van der Waals surface area contributed by atoms with Gasteiger partial charge in [0.05, 0.1) is 37.3 Å². The predicted octanol–water partition coefficient (Wildman–Crippen LogP) is 7.47. The molecule has 4 atom stereocenters. The van der Waals surface area contributed by atoms with Crippen LogP contribution >= 0.6 is 0 Å². The molecule has 4 amide bonds. The van der Waals surface area contributed by atoms with Gasteiger partial charge in [0, 0.05) is 29.7 Å². The Morgan fingerprint density at radius 1 is 0.661 bits per heavy atom. The van der Waals surface area contributed by atoms with Crippen LogP contribution < -0.4 is 10.6 Å². The van der Waals surface area contributed by atoms with Crippen molar-refractivity contribution in [2.24, 2.45) is 11.8 Å². The zero-order valence-electron chi connectivity index (χ0n) is 32.8. The minimum absolute atomic E-state index is 0.0878. The van der Waals surface area contributed by atoms with Crippen LogP contribution in [0.5, 0.6) is 0 Å². The van der Waals surface area contributed by atoms with Crippen LogP contribution in [0, 0.1) is 11.8 Å². The fraction of sp³-hybridized carbons (Fsp3) is 0.419. The van der Waals surface area contributed by atoms with Gasteiger partial charge in [0.1, 0.15) is 17.9 Å². The summed E-state index contributed by atoms with van der Waals surface area (Å²) in [4.78, 5) is 66.9. The van der Waals surface area contributed by atoms with Crippen molar-refractivity contribution in [3.05, 3.63) is 78.2 Å². The second-order valence-corrected chi connectivity index (χ2v) is 15.6. The lowest BCUT2D eigenvalue weighted by atomic mass is 9.99. The largest absolute Gasteiger partial charge is 0.453 e.